The highest BCUT2D eigenvalue weighted by atomic mass is 32.2. The Morgan fingerprint density at radius 2 is 0.814 bits per heavy atom. The van der Waals surface area contributed by atoms with Crippen molar-refractivity contribution < 1.29 is 47.9 Å². The summed E-state index contributed by atoms with van der Waals surface area (Å²) in [6, 6.07) is -2.01. The van der Waals surface area contributed by atoms with Gasteiger partial charge in [0.05, 0.1) is 0 Å². The van der Waals surface area contributed by atoms with Crippen LogP contribution in [0.2, 0.25) is 0 Å². The van der Waals surface area contributed by atoms with Gasteiger partial charge < -0.3 is 88.0 Å². The Balaban J connectivity index is 3.69. The maximum Gasteiger partial charge on any atom is 0.243 e. The molecule has 30 heteroatoms. The second kappa shape index (κ2) is 43.7. The minimum absolute atomic E-state index is 0.00776. The molecule has 23 N–H and O–H groups in total. The van der Waals surface area contributed by atoms with Crippen molar-refractivity contribution >= 4 is 94.5 Å². The summed E-state index contributed by atoms with van der Waals surface area (Å²) in [5.74, 6) is -7.38. The van der Waals surface area contributed by atoms with Crippen LogP contribution in [0.3, 0.4) is 0 Å². The Morgan fingerprint density at radius 3 is 1.20 bits per heavy atom. The second-order valence-electron chi connectivity index (χ2n) is 21.3. The summed E-state index contributed by atoms with van der Waals surface area (Å²) in [6.07, 6.45) is 6.93. The molecular weight excluding hydrogens is 1150 g/mol. The Labute approximate surface area is 515 Å². The number of primary amides is 1. The minimum atomic E-state index is -1.34. The summed E-state index contributed by atoms with van der Waals surface area (Å²) in [7, 11) is 0. The molecule has 0 aromatic heterocycles. The second-order valence-corrected chi connectivity index (χ2v) is 23.3. The lowest BCUT2D eigenvalue weighted by Crippen LogP contribution is -2.61. The third-order valence-electron chi connectivity index (χ3n) is 13.8. The molecule has 0 saturated heterocycles. The van der Waals surface area contributed by atoms with Crippen LogP contribution in [0.15, 0.2) is 40.3 Å². The Kier molecular flexibility index (Phi) is 39.1. The molecule has 0 aliphatic rings. The van der Waals surface area contributed by atoms with Crippen molar-refractivity contribution in [2.45, 2.75) is 179 Å². The molecule has 10 atom stereocenters. The van der Waals surface area contributed by atoms with Gasteiger partial charge in [0.2, 0.25) is 59.1 Å². The van der Waals surface area contributed by atoms with Crippen LogP contribution in [0, 0.1) is 11.8 Å². The summed E-state index contributed by atoms with van der Waals surface area (Å²) < 4.78 is 0. The van der Waals surface area contributed by atoms with Crippen LogP contribution in [0.4, 0.5) is 0 Å². The van der Waals surface area contributed by atoms with Gasteiger partial charge in [-0.1, -0.05) is 64.4 Å². The number of nitrogens with one attached hydrogen (secondary N) is 9. The van der Waals surface area contributed by atoms with Gasteiger partial charge in [-0.25, -0.2) is 0 Å². The van der Waals surface area contributed by atoms with E-state index in [4.69, 9.17) is 40.1 Å². The molecule has 86 heavy (non-hydrogen) atoms. The largest absolute Gasteiger partial charge is 0.370 e. The van der Waals surface area contributed by atoms with E-state index < -0.39 is 119 Å². The molecule has 0 spiro atoms. The van der Waals surface area contributed by atoms with Gasteiger partial charge in [-0.2, -0.15) is 23.5 Å². The molecule has 1 aromatic carbocycles. The fourth-order valence-electron chi connectivity index (χ4n) is 8.75. The number of thioether (sulfide) groups is 2. The van der Waals surface area contributed by atoms with Crippen molar-refractivity contribution in [1.82, 2.24) is 47.9 Å². The molecule has 0 bridgehead atoms. The van der Waals surface area contributed by atoms with Crippen LogP contribution < -0.4 is 88.0 Å². The highest BCUT2D eigenvalue weighted by molar-refractivity contribution is 7.98. The Morgan fingerprint density at radius 1 is 0.453 bits per heavy atom. The van der Waals surface area contributed by atoms with E-state index in [1.165, 1.54) is 30.4 Å². The number of nitrogens with zero attached hydrogens (tertiary/aromatic N) is 2. The number of carbonyl (C=O) groups is 10. The topological polar surface area (TPSA) is 486 Å². The van der Waals surface area contributed by atoms with Crippen LogP contribution in [-0.4, -0.2) is 176 Å². The standard InChI is InChI=1S/C56H100N18O10S2/c1-8-34(4)45(66-35(5)75)54(84)72-42(25-31-86-7)49(79)70-41(24-30-85-6)50(80)73-43(32-36-18-10-9-11-19-36)52(82)69-38(21-13-15-27-58)51(81)74-44(33(2)3)53(83)71-40(23-17-29-65-56(62)63)48(78)68-39(22-16-28-64-55(60)61)47(77)67-37(46(59)76)20-12-14-26-57/h9-11,18-19,33-34,37-45H,8,12-17,20-32,57-58H2,1-7H3,(H2,59,76)(H,66,75)(H,67,77)(H,68,78)(H,69,82)(H,70,79)(H,71,83)(H,72,84)(H,73,80)(H,74,81)(H4,60,61,64)(H4,62,63,65)/t34-,37-,38-,39-,40-,41-,42-,43-,44-,45-/m0/s1. The lowest BCUT2D eigenvalue weighted by molar-refractivity contribution is -0.136. The normalized spacial score (nSPS) is 14.5. The van der Waals surface area contributed by atoms with E-state index in [1.807, 2.05) is 26.4 Å². The van der Waals surface area contributed by atoms with E-state index in [1.54, 1.807) is 44.2 Å². The van der Waals surface area contributed by atoms with Gasteiger partial charge >= 0.3 is 0 Å². The van der Waals surface area contributed by atoms with Gasteiger partial charge in [-0.3, -0.25) is 57.9 Å². The van der Waals surface area contributed by atoms with Crippen LogP contribution in [0.1, 0.15) is 124 Å². The first-order valence-electron chi connectivity index (χ1n) is 29.4. The highest BCUT2D eigenvalue weighted by Crippen LogP contribution is 2.14. The number of aliphatic imine (C=N–C) groups is 2. The first-order valence-corrected chi connectivity index (χ1v) is 32.1. The minimum Gasteiger partial charge on any atom is -0.370 e. The van der Waals surface area contributed by atoms with E-state index >= 15 is 0 Å². The van der Waals surface area contributed by atoms with Crippen molar-refractivity contribution in [2.24, 2.45) is 62.0 Å². The third-order valence-corrected chi connectivity index (χ3v) is 15.1. The zero-order valence-electron chi connectivity index (χ0n) is 51.2. The summed E-state index contributed by atoms with van der Waals surface area (Å²) in [4.78, 5) is 146. The van der Waals surface area contributed by atoms with Crippen molar-refractivity contribution in [2.75, 3.05) is 50.2 Å². The molecule has 0 heterocycles. The molecule has 10 amide bonds. The van der Waals surface area contributed by atoms with Gasteiger partial charge in [-0.15, -0.1) is 0 Å². The quantitative estimate of drug-likeness (QED) is 0.0185. The summed E-state index contributed by atoms with van der Waals surface area (Å²) in [5, 5.41) is 24.7. The molecule has 0 aliphatic carbocycles. The monoisotopic (exact) mass is 1250 g/mol. The van der Waals surface area contributed by atoms with Gasteiger partial charge in [0, 0.05) is 26.4 Å². The number of hydrogen-bond donors (Lipinski definition) is 16. The van der Waals surface area contributed by atoms with E-state index in [9.17, 15) is 47.9 Å². The Hall–Kier alpha value is -6.92. The zero-order chi connectivity index (χ0) is 64.7. The summed E-state index contributed by atoms with van der Waals surface area (Å²) >= 11 is 2.87. The first kappa shape index (κ1) is 77.1. The van der Waals surface area contributed by atoms with Gasteiger partial charge in [0.15, 0.2) is 11.9 Å². The van der Waals surface area contributed by atoms with E-state index in [-0.39, 0.29) is 95.3 Å². The molecule has 0 saturated carbocycles. The highest BCUT2D eigenvalue weighted by Gasteiger charge is 2.36. The van der Waals surface area contributed by atoms with Gasteiger partial charge in [-0.05, 0) is 132 Å². The van der Waals surface area contributed by atoms with Crippen LogP contribution in [0.5, 0.6) is 0 Å². The number of benzene rings is 1. The number of carbonyl (C=O) groups excluding carboxylic acids is 10. The van der Waals surface area contributed by atoms with Crippen LogP contribution >= 0.6 is 23.5 Å². The molecular formula is C56H100N18O10S2. The first-order chi connectivity index (χ1) is 40.8. The molecule has 0 fully saturated rings. The SMILES string of the molecule is CC[C@H](C)[C@H](NC(C)=O)C(=O)N[C@@H](CCSC)C(=O)N[C@@H](CCSC)C(=O)N[C@@H](Cc1ccccc1)C(=O)N[C@@H](CCCCN)C(=O)N[C@H](C(=O)N[C@@H](CCCN=C(N)N)C(=O)N[C@@H](CCCN=C(N)N)C(=O)N[C@@H](CCCCN)C(N)=O)C(C)C. The number of nitrogens with two attached hydrogens (primary N) is 7. The smallest absolute Gasteiger partial charge is 0.243 e. The molecule has 0 unspecified atom stereocenters. The predicted octanol–water partition coefficient (Wildman–Crippen LogP) is -2.33. The van der Waals surface area contributed by atoms with Crippen molar-refractivity contribution in [3.63, 3.8) is 0 Å². The average molecular weight is 1250 g/mol. The lowest BCUT2D eigenvalue weighted by Gasteiger charge is -2.29. The molecule has 1 rings (SSSR count). The number of unbranched alkanes of at least 4 members (excludes halogenated alkanes) is 2. The van der Waals surface area contributed by atoms with Crippen molar-refractivity contribution in [3.05, 3.63) is 35.9 Å². The van der Waals surface area contributed by atoms with E-state index in [0.717, 1.165) is 0 Å². The van der Waals surface area contributed by atoms with Crippen molar-refractivity contribution in [3.8, 4) is 0 Å². The maximum atomic E-state index is 14.7. The number of amides is 10. The van der Waals surface area contributed by atoms with Crippen LogP contribution in [0.25, 0.3) is 0 Å². The van der Waals surface area contributed by atoms with E-state index in [2.05, 4.69) is 57.8 Å². The summed E-state index contributed by atoms with van der Waals surface area (Å²) in [6.45, 7) is 9.06. The zero-order valence-corrected chi connectivity index (χ0v) is 52.8. The Bertz CT molecular complexity index is 2350. The number of rotatable bonds is 45. The van der Waals surface area contributed by atoms with Crippen molar-refractivity contribution in [1.29, 1.82) is 0 Å². The molecule has 0 radical (unpaired) electrons. The fourth-order valence-corrected chi connectivity index (χ4v) is 9.69. The molecule has 486 valence electrons. The third kappa shape index (κ3) is 31.5. The van der Waals surface area contributed by atoms with E-state index in [0.29, 0.717) is 55.7 Å². The summed E-state index contributed by atoms with van der Waals surface area (Å²) in [5.41, 5.74) is 39.9. The number of hydrogen-bond acceptors (Lipinski definition) is 16. The average Bonchev–Trinajstić information content (AvgIpc) is 3.35. The lowest BCUT2D eigenvalue weighted by atomic mass is 9.97. The molecule has 28 nitrogen and oxygen atoms in total. The van der Waals surface area contributed by atoms with Gasteiger partial charge in [0.1, 0.15) is 54.4 Å². The fraction of sp³-hybridized carbons (Fsp3) is 0.679. The maximum absolute atomic E-state index is 14.7. The molecule has 1 aromatic rings. The number of guanidine groups is 2. The molecule has 0 aliphatic heterocycles. The van der Waals surface area contributed by atoms with Gasteiger partial charge in [0.25, 0.3) is 0 Å². The predicted molar refractivity (Wildman–Crippen MR) is 338 cm³/mol. The van der Waals surface area contributed by atoms with Crippen LogP contribution in [-0.2, 0) is 54.4 Å².